The molecule has 30 heavy (non-hydrogen) atoms. The number of rotatable bonds is 10. The third kappa shape index (κ3) is 6.91. The molecule has 0 radical (unpaired) electrons. The number of hydrogen-bond acceptors (Lipinski definition) is 5. The zero-order valence-corrected chi connectivity index (χ0v) is 19.3. The Morgan fingerprint density at radius 2 is 1.77 bits per heavy atom. The normalized spacial score (nSPS) is 14.7. The predicted octanol–water partition coefficient (Wildman–Crippen LogP) is 5.05. The van der Waals surface area contributed by atoms with Crippen LogP contribution in [0.25, 0.3) is 0 Å². The van der Waals surface area contributed by atoms with E-state index in [-0.39, 0.29) is 0 Å². The van der Waals surface area contributed by atoms with E-state index in [1.807, 2.05) is 18.2 Å². The minimum atomic E-state index is 0.312. The summed E-state index contributed by atoms with van der Waals surface area (Å²) in [6, 6.07) is 9.24. The van der Waals surface area contributed by atoms with E-state index in [0.29, 0.717) is 39.7 Å². The molecule has 0 amide bonds. The van der Waals surface area contributed by atoms with Gasteiger partial charge in [-0.05, 0) is 54.9 Å². The van der Waals surface area contributed by atoms with Crippen LogP contribution in [0.1, 0.15) is 17.5 Å². The number of ether oxygens (including phenoxy) is 3. The maximum Gasteiger partial charge on any atom is 0.180 e. The summed E-state index contributed by atoms with van der Waals surface area (Å²) in [4.78, 5) is 2.44. The highest BCUT2D eigenvalue weighted by Crippen LogP contribution is 2.37. The summed E-state index contributed by atoms with van der Waals surface area (Å²) in [6.45, 7) is 6.77. The van der Waals surface area contributed by atoms with Gasteiger partial charge in [0.05, 0.1) is 35.4 Å². The van der Waals surface area contributed by atoms with E-state index in [2.05, 4.69) is 10.2 Å². The van der Waals surface area contributed by atoms with Gasteiger partial charge >= 0.3 is 0 Å². The quantitative estimate of drug-likeness (QED) is 0.489. The van der Waals surface area contributed by atoms with Gasteiger partial charge in [-0.15, -0.1) is 0 Å². The lowest BCUT2D eigenvalue weighted by atomic mass is 10.2. The summed E-state index contributed by atoms with van der Waals surface area (Å²) in [5.41, 5.74) is 1.94. The van der Waals surface area contributed by atoms with E-state index >= 15 is 0 Å². The van der Waals surface area contributed by atoms with Crippen molar-refractivity contribution in [2.24, 2.45) is 0 Å². The maximum atomic E-state index is 6.48. The second kappa shape index (κ2) is 12.0. The zero-order valence-electron chi connectivity index (χ0n) is 17.1. The molecule has 1 aliphatic rings. The molecule has 1 N–H and O–H groups in total. The molecule has 2 aromatic rings. The molecule has 0 aliphatic carbocycles. The summed E-state index contributed by atoms with van der Waals surface area (Å²) in [6.07, 6.45) is 1.09. The Morgan fingerprint density at radius 3 is 2.50 bits per heavy atom. The molecule has 0 unspecified atom stereocenters. The lowest BCUT2D eigenvalue weighted by molar-refractivity contribution is 0.0374. The first kappa shape index (κ1) is 23.5. The van der Waals surface area contributed by atoms with Gasteiger partial charge in [0.15, 0.2) is 11.5 Å². The van der Waals surface area contributed by atoms with Crippen LogP contribution in [-0.2, 0) is 17.9 Å². The van der Waals surface area contributed by atoms with Crippen molar-refractivity contribution in [1.29, 1.82) is 0 Å². The van der Waals surface area contributed by atoms with Crippen molar-refractivity contribution in [1.82, 2.24) is 10.2 Å². The maximum absolute atomic E-state index is 6.48. The summed E-state index contributed by atoms with van der Waals surface area (Å²) in [5.74, 6) is 1.12. The van der Waals surface area contributed by atoms with Crippen LogP contribution < -0.4 is 14.8 Å². The largest absolute Gasteiger partial charge is 0.493 e. The number of nitrogens with one attached hydrogen (secondary N) is 1. The number of morpholine rings is 1. The van der Waals surface area contributed by atoms with Gasteiger partial charge in [0.25, 0.3) is 0 Å². The van der Waals surface area contributed by atoms with Crippen molar-refractivity contribution in [3.05, 3.63) is 56.5 Å². The van der Waals surface area contributed by atoms with Gasteiger partial charge in [-0.25, -0.2) is 0 Å². The first-order valence-electron chi connectivity index (χ1n) is 10.0. The van der Waals surface area contributed by atoms with Gasteiger partial charge in [-0.1, -0.05) is 40.9 Å². The lowest BCUT2D eigenvalue weighted by Crippen LogP contribution is -2.37. The lowest BCUT2D eigenvalue weighted by Gasteiger charge is -2.26. The smallest absolute Gasteiger partial charge is 0.180 e. The number of benzene rings is 2. The Balaban J connectivity index is 1.50. The highest BCUT2D eigenvalue weighted by atomic mass is 35.5. The van der Waals surface area contributed by atoms with Crippen LogP contribution in [0.3, 0.4) is 0 Å². The van der Waals surface area contributed by atoms with Gasteiger partial charge in [0.2, 0.25) is 0 Å². The Hall–Kier alpha value is -1.21. The summed E-state index contributed by atoms with van der Waals surface area (Å²) >= 11 is 18.5. The fraction of sp³-hybridized carbons (Fsp3) is 0.455. The summed E-state index contributed by atoms with van der Waals surface area (Å²) in [7, 11) is 1.61. The second-order valence-electron chi connectivity index (χ2n) is 7.13. The van der Waals surface area contributed by atoms with Crippen LogP contribution in [0.4, 0.5) is 0 Å². The molecule has 1 aliphatic heterocycles. The van der Waals surface area contributed by atoms with Crippen molar-refractivity contribution < 1.29 is 14.2 Å². The van der Waals surface area contributed by atoms with Crippen LogP contribution in [-0.4, -0.2) is 51.4 Å². The van der Waals surface area contributed by atoms with Gasteiger partial charge in [-0.2, -0.15) is 0 Å². The SMILES string of the molecule is COc1cc(CNCCCN2CCOCC2)cc(Cl)c1OCc1ccc(Cl)c(Cl)c1. The van der Waals surface area contributed by atoms with Crippen LogP contribution in [0.15, 0.2) is 30.3 Å². The van der Waals surface area contributed by atoms with Gasteiger partial charge < -0.3 is 19.5 Å². The van der Waals surface area contributed by atoms with E-state index in [1.54, 1.807) is 19.2 Å². The van der Waals surface area contributed by atoms with Crippen LogP contribution in [0, 0.1) is 0 Å². The molecule has 1 fully saturated rings. The highest BCUT2D eigenvalue weighted by Gasteiger charge is 2.13. The third-order valence-corrected chi connectivity index (χ3v) is 5.94. The highest BCUT2D eigenvalue weighted by molar-refractivity contribution is 6.42. The molecule has 0 bridgehead atoms. The fourth-order valence-corrected chi connectivity index (χ4v) is 3.89. The van der Waals surface area contributed by atoms with Crippen molar-refractivity contribution in [3.8, 4) is 11.5 Å². The number of hydrogen-bond donors (Lipinski definition) is 1. The van der Waals surface area contributed by atoms with Crippen molar-refractivity contribution in [2.75, 3.05) is 46.5 Å². The minimum absolute atomic E-state index is 0.312. The van der Waals surface area contributed by atoms with Gasteiger partial charge in [-0.3, -0.25) is 4.90 Å². The minimum Gasteiger partial charge on any atom is -0.493 e. The van der Waals surface area contributed by atoms with Crippen LogP contribution in [0.5, 0.6) is 11.5 Å². The van der Waals surface area contributed by atoms with E-state index < -0.39 is 0 Å². The molecule has 2 aromatic carbocycles. The molecule has 1 heterocycles. The monoisotopic (exact) mass is 472 g/mol. The molecule has 8 heteroatoms. The number of methoxy groups -OCH3 is 1. The first-order valence-corrected chi connectivity index (χ1v) is 11.1. The van der Waals surface area contributed by atoms with Gasteiger partial charge in [0.1, 0.15) is 6.61 Å². The molecule has 0 spiro atoms. The topological polar surface area (TPSA) is 43.0 Å². The second-order valence-corrected chi connectivity index (χ2v) is 8.35. The standard InChI is InChI=1S/C22H27Cl3N2O3/c1-28-21-13-17(14-26-5-2-6-27-7-9-29-10-8-27)12-20(25)22(21)30-15-16-3-4-18(23)19(24)11-16/h3-4,11-13,26H,2,5-10,14-15H2,1H3. The van der Waals surface area contributed by atoms with Crippen LogP contribution >= 0.6 is 34.8 Å². The third-order valence-electron chi connectivity index (χ3n) is 4.92. The average Bonchev–Trinajstić information content (AvgIpc) is 2.75. The number of halogens is 3. The zero-order chi connectivity index (χ0) is 21.3. The summed E-state index contributed by atoms with van der Waals surface area (Å²) in [5, 5.41) is 4.99. The molecule has 5 nitrogen and oxygen atoms in total. The fourth-order valence-electron chi connectivity index (χ4n) is 3.29. The Bertz CT molecular complexity index is 830. The van der Waals surface area contributed by atoms with Crippen LogP contribution in [0.2, 0.25) is 15.1 Å². The molecular formula is C22H27Cl3N2O3. The molecular weight excluding hydrogens is 447 g/mol. The van der Waals surface area contributed by atoms with E-state index in [4.69, 9.17) is 49.0 Å². The van der Waals surface area contributed by atoms with E-state index in [1.165, 1.54) is 0 Å². The predicted molar refractivity (Wildman–Crippen MR) is 122 cm³/mol. The van der Waals surface area contributed by atoms with Gasteiger partial charge in [0, 0.05) is 19.6 Å². The van der Waals surface area contributed by atoms with Crippen molar-refractivity contribution >= 4 is 34.8 Å². The van der Waals surface area contributed by atoms with E-state index in [0.717, 1.165) is 56.9 Å². The molecule has 3 rings (SSSR count). The molecule has 0 aromatic heterocycles. The van der Waals surface area contributed by atoms with E-state index in [9.17, 15) is 0 Å². The molecule has 0 atom stereocenters. The Kier molecular flexibility index (Phi) is 9.37. The molecule has 164 valence electrons. The summed E-state index contributed by atoms with van der Waals surface area (Å²) < 4.78 is 16.8. The Morgan fingerprint density at radius 1 is 1.00 bits per heavy atom. The van der Waals surface area contributed by atoms with Crippen molar-refractivity contribution in [2.45, 2.75) is 19.6 Å². The number of nitrogens with zero attached hydrogens (tertiary/aromatic N) is 1. The molecule has 1 saturated heterocycles. The Labute approximate surface area is 193 Å². The first-order chi connectivity index (χ1) is 14.6. The van der Waals surface area contributed by atoms with Crippen molar-refractivity contribution in [3.63, 3.8) is 0 Å². The molecule has 0 saturated carbocycles. The average molecular weight is 474 g/mol.